The lowest BCUT2D eigenvalue weighted by atomic mass is 10.1. The van der Waals surface area contributed by atoms with Crippen molar-refractivity contribution in [3.05, 3.63) is 64.2 Å². The summed E-state index contributed by atoms with van der Waals surface area (Å²) >= 11 is 1.49. The number of ether oxygens (including phenoxy) is 1. The van der Waals surface area contributed by atoms with Crippen LogP contribution in [0.2, 0.25) is 0 Å². The minimum Gasteiger partial charge on any atom is -0.444 e. The third kappa shape index (κ3) is 8.54. The molecule has 0 unspecified atom stereocenters. The number of carbonyl (C=O) groups excluding carboxylic acids is 3. The van der Waals surface area contributed by atoms with Crippen LogP contribution in [0.15, 0.2) is 42.5 Å². The van der Waals surface area contributed by atoms with Crippen LogP contribution in [-0.4, -0.2) is 88.4 Å². The highest BCUT2D eigenvalue weighted by atomic mass is 32.1. The van der Waals surface area contributed by atoms with Gasteiger partial charge in [-0.1, -0.05) is 47.7 Å². The van der Waals surface area contributed by atoms with Crippen LogP contribution in [0.1, 0.15) is 49.4 Å². The molecule has 0 saturated heterocycles. The summed E-state index contributed by atoms with van der Waals surface area (Å²) in [5.74, 6) is -0.393. The molecule has 3 amide bonds. The lowest BCUT2D eigenvalue weighted by Gasteiger charge is -2.32. The Hall–Kier alpha value is -4.03. The molecule has 0 spiro atoms. The van der Waals surface area contributed by atoms with Gasteiger partial charge in [0, 0.05) is 51.0 Å². The van der Waals surface area contributed by atoms with Gasteiger partial charge in [0.2, 0.25) is 5.91 Å². The van der Waals surface area contributed by atoms with Gasteiger partial charge in [-0.2, -0.15) is 0 Å². The molecule has 4 rings (SSSR count). The number of benzene rings is 2. The number of hydrogen-bond donors (Lipinski definition) is 1. The first-order chi connectivity index (χ1) is 20.8. The molecule has 3 aromatic rings. The van der Waals surface area contributed by atoms with Crippen molar-refractivity contribution >= 4 is 34.9 Å². The zero-order chi connectivity index (χ0) is 32.0. The Labute approximate surface area is 263 Å². The van der Waals surface area contributed by atoms with E-state index in [1.165, 1.54) is 22.5 Å². The first kappa shape index (κ1) is 32.9. The zero-order valence-electron chi connectivity index (χ0n) is 26.7. The van der Waals surface area contributed by atoms with E-state index < -0.39 is 11.7 Å². The van der Waals surface area contributed by atoms with E-state index in [9.17, 15) is 14.4 Å². The molecule has 11 nitrogen and oxygen atoms in total. The van der Waals surface area contributed by atoms with Gasteiger partial charge in [-0.25, -0.2) is 9.80 Å². The van der Waals surface area contributed by atoms with Gasteiger partial charge in [-0.15, -0.1) is 10.2 Å². The zero-order valence-corrected chi connectivity index (χ0v) is 27.5. The number of carbonyl (C=O) groups is 3. The monoisotopic (exact) mass is 621 g/mol. The molecule has 1 N–H and O–H groups in total. The van der Waals surface area contributed by atoms with Crippen LogP contribution in [0.4, 0.5) is 10.5 Å². The van der Waals surface area contributed by atoms with E-state index in [1.54, 1.807) is 21.9 Å². The normalized spacial score (nSPS) is 12.9. The molecule has 0 bridgehead atoms. The third-order valence-electron chi connectivity index (χ3n) is 7.33. The fraction of sp³-hybridized carbons (Fsp3) is 0.469. The number of fused-ring (bicyclic) bond motifs is 1. The summed E-state index contributed by atoms with van der Waals surface area (Å²) in [4.78, 5) is 42.8. The number of likely N-dealkylation sites (N-methyl/N-ethyl adjacent to an activating group) is 2. The van der Waals surface area contributed by atoms with Gasteiger partial charge in [0.25, 0.3) is 5.91 Å². The molecule has 1 aromatic heterocycles. The van der Waals surface area contributed by atoms with Gasteiger partial charge in [-0.05, 0) is 64.3 Å². The molecular formula is C32H43N7O4S. The van der Waals surface area contributed by atoms with E-state index in [0.717, 1.165) is 26.8 Å². The lowest BCUT2D eigenvalue weighted by molar-refractivity contribution is -0.145. The number of rotatable bonds is 11. The molecule has 12 heteroatoms. The molecule has 0 saturated carbocycles. The molecule has 44 heavy (non-hydrogen) atoms. The molecule has 1 aliphatic rings. The van der Waals surface area contributed by atoms with E-state index in [0.29, 0.717) is 26.2 Å². The Morgan fingerprint density at radius 2 is 1.70 bits per heavy atom. The van der Waals surface area contributed by atoms with E-state index in [2.05, 4.69) is 27.6 Å². The molecule has 236 valence electrons. The van der Waals surface area contributed by atoms with Crippen LogP contribution in [0.25, 0.3) is 10.6 Å². The molecule has 2 heterocycles. The van der Waals surface area contributed by atoms with Crippen molar-refractivity contribution in [2.45, 2.75) is 60.2 Å². The van der Waals surface area contributed by atoms with Crippen molar-refractivity contribution in [3.63, 3.8) is 0 Å². The molecule has 1 aliphatic heterocycles. The standard InChI is InChI=1S/C32H43N7O4S/c1-8-37(31(42)43-32(4,5)6)16-15-33-28(40)20-38(27-17-24(14-13-22(27)2)30-35-34-23(3)44-30)21-29(41)36(7)39-18-25-11-9-10-12-26(25)19-39/h9-14,17H,8,15-16,18-21H2,1-7H3,(H,33,40). The molecular weight excluding hydrogens is 578 g/mol. The molecule has 0 fully saturated rings. The summed E-state index contributed by atoms with van der Waals surface area (Å²) in [6.07, 6.45) is -0.423. The minimum absolute atomic E-state index is 0.00476. The van der Waals surface area contributed by atoms with Crippen molar-refractivity contribution in [2.75, 3.05) is 44.7 Å². The summed E-state index contributed by atoms with van der Waals surface area (Å²) in [7, 11) is 1.77. The van der Waals surface area contributed by atoms with E-state index in [-0.39, 0.29) is 31.4 Å². The largest absolute Gasteiger partial charge is 0.444 e. The summed E-state index contributed by atoms with van der Waals surface area (Å²) in [6, 6.07) is 14.1. The Morgan fingerprint density at radius 3 is 2.30 bits per heavy atom. The molecule has 0 atom stereocenters. The second kappa shape index (κ2) is 14.2. The Balaban J connectivity index is 1.48. The number of hydrazine groups is 1. The first-order valence-corrected chi connectivity index (χ1v) is 15.6. The van der Waals surface area contributed by atoms with Gasteiger partial charge in [-0.3, -0.25) is 14.6 Å². The summed E-state index contributed by atoms with van der Waals surface area (Å²) < 4.78 is 5.47. The van der Waals surface area contributed by atoms with Crippen LogP contribution < -0.4 is 10.2 Å². The number of anilines is 1. The van der Waals surface area contributed by atoms with E-state index in [4.69, 9.17) is 4.74 Å². The predicted octanol–water partition coefficient (Wildman–Crippen LogP) is 4.39. The van der Waals surface area contributed by atoms with Gasteiger partial charge >= 0.3 is 6.09 Å². The number of hydrogen-bond acceptors (Lipinski definition) is 9. The topological polar surface area (TPSA) is 111 Å². The number of aromatic nitrogens is 2. The fourth-order valence-electron chi connectivity index (χ4n) is 4.94. The first-order valence-electron chi connectivity index (χ1n) is 14.8. The molecule has 2 aromatic carbocycles. The average Bonchev–Trinajstić information content (AvgIpc) is 3.60. The number of amides is 3. The van der Waals surface area contributed by atoms with Gasteiger partial charge < -0.3 is 19.9 Å². The quantitative estimate of drug-likeness (QED) is 0.336. The van der Waals surface area contributed by atoms with Crippen molar-refractivity contribution in [1.82, 2.24) is 30.4 Å². The highest BCUT2D eigenvalue weighted by Gasteiger charge is 2.27. The number of aryl methyl sites for hydroxylation is 2. The van der Waals surface area contributed by atoms with Crippen LogP contribution in [0.5, 0.6) is 0 Å². The summed E-state index contributed by atoms with van der Waals surface area (Å²) in [5.41, 5.74) is 4.35. The van der Waals surface area contributed by atoms with Crippen molar-refractivity contribution in [3.8, 4) is 10.6 Å². The van der Waals surface area contributed by atoms with Crippen LogP contribution in [0, 0.1) is 13.8 Å². The van der Waals surface area contributed by atoms with Crippen molar-refractivity contribution in [1.29, 1.82) is 0 Å². The predicted molar refractivity (Wildman–Crippen MR) is 172 cm³/mol. The summed E-state index contributed by atoms with van der Waals surface area (Å²) in [6.45, 7) is 13.4. The van der Waals surface area contributed by atoms with E-state index in [1.807, 2.05) is 76.9 Å². The van der Waals surface area contributed by atoms with E-state index >= 15 is 0 Å². The maximum atomic E-state index is 13.7. The lowest BCUT2D eigenvalue weighted by Crippen LogP contribution is -2.48. The van der Waals surface area contributed by atoms with Gasteiger partial charge in [0.1, 0.15) is 15.6 Å². The Morgan fingerprint density at radius 1 is 1.02 bits per heavy atom. The van der Waals surface area contributed by atoms with Crippen LogP contribution >= 0.6 is 11.3 Å². The van der Waals surface area contributed by atoms with Gasteiger partial charge in [0.05, 0.1) is 13.1 Å². The van der Waals surface area contributed by atoms with Crippen molar-refractivity contribution in [2.24, 2.45) is 0 Å². The number of nitrogens with one attached hydrogen (secondary N) is 1. The molecule has 0 radical (unpaired) electrons. The Kier molecular flexibility index (Phi) is 10.6. The highest BCUT2D eigenvalue weighted by Crippen LogP contribution is 2.30. The van der Waals surface area contributed by atoms with Gasteiger partial charge in [0.15, 0.2) is 0 Å². The fourth-order valence-corrected chi connectivity index (χ4v) is 5.63. The van der Waals surface area contributed by atoms with Crippen LogP contribution in [-0.2, 0) is 27.4 Å². The molecule has 0 aliphatic carbocycles. The minimum atomic E-state index is -0.606. The van der Waals surface area contributed by atoms with Crippen LogP contribution in [0.3, 0.4) is 0 Å². The third-order valence-corrected chi connectivity index (χ3v) is 8.22. The van der Waals surface area contributed by atoms with Crippen molar-refractivity contribution < 1.29 is 19.1 Å². The second-order valence-corrected chi connectivity index (χ2v) is 13.1. The highest BCUT2D eigenvalue weighted by molar-refractivity contribution is 7.14. The second-order valence-electron chi connectivity index (χ2n) is 11.9. The average molecular weight is 622 g/mol. The maximum Gasteiger partial charge on any atom is 0.410 e. The maximum absolute atomic E-state index is 13.7. The number of nitrogens with zero attached hydrogens (tertiary/aromatic N) is 6. The summed E-state index contributed by atoms with van der Waals surface area (Å²) in [5, 5.41) is 16.6. The SMILES string of the molecule is CCN(CCNC(=O)CN(CC(=O)N(C)N1Cc2ccccc2C1)c1cc(-c2nnc(C)s2)ccc1C)C(=O)OC(C)(C)C. The Bertz CT molecular complexity index is 1460. The smallest absolute Gasteiger partial charge is 0.410 e.